The van der Waals surface area contributed by atoms with Crippen LogP contribution in [-0.2, 0) is 26.3 Å². The fraction of sp³-hybridized carbons (Fsp3) is 0.280. The average molecular weight is 484 g/mol. The van der Waals surface area contributed by atoms with Gasteiger partial charge in [-0.3, -0.25) is 24.7 Å². The van der Waals surface area contributed by atoms with Crippen LogP contribution in [0.4, 0.5) is 0 Å². The summed E-state index contributed by atoms with van der Waals surface area (Å²) >= 11 is 12.9. The molecule has 1 fully saturated rings. The predicted molar refractivity (Wildman–Crippen MR) is 128 cm³/mol. The van der Waals surface area contributed by atoms with Gasteiger partial charge in [-0.2, -0.15) is 0 Å². The van der Waals surface area contributed by atoms with E-state index in [0.717, 1.165) is 16.5 Å². The van der Waals surface area contributed by atoms with Crippen LogP contribution < -0.4 is 10.6 Å². The van der Waals surface area contributed by atoms with Crippen molar-refractivity contribution in [1.29, 1.82) is 0 Å². The molecule has 3 aromatic rings. The van der Waals surface area contributed by atoms with Crippen LogP contribution in [0.5, 0.6) is 0 Å². The van der Waals surface area contributed by atoms with E-state index in [1.165, 1.54) is 0 Å². The molecule has 3 amide bonds. The Kier molecular flexibility index (Phi) is 6.41. The summed E-state index contributed by atoms with van der Waals surface area (Å²) in [5, 5.41) is 6.89. The number of piperidine rings is 1. The van der Waals surface area contributed by atoms with Crippen LogP contribution in [-0.4, -0.2) is 22.7 Å². The second-order valence-electron chi connectivity index (χ2n) is 8.66. The van der Waals surface area contributed by atoms with Gasteiger partial charge < -0.3 is 5.32 Å². The molecule has 2 heterocycles. The number of hydrogen-bond acceptors (Lipinski definition) is 4. The van der Waals surface area contributed by atoms with Gasteiger partial charge in [0.2, 0.25) is 17.7 Å². The summed E-state index contributed by atoms with van der Waals surface area (Å²) in [5.41, 5.74) is 2.13. The number of fused-ring (bicyclic) bond motifs is 1. The van der Waals surface area contributed by atoms with Crippen LogP contribution in [0, 0.1) is 0 Å². The monoisotopic (exact) mass is 483 g/mol. The third kappa shape index (κ3) is 4.59. The van der Waals surface area contributed by atoms with Crippen molar-refractivity contribution >= 4 is 51.8 Å². The molecule has 4 rings (SSSR count). The van der Waals surface area contributed by atoms with Crippen molar-refractivity contribution in [2.75, 3.05) is 0 Å². The zero-order valence-corrected chi connectivity index (χ0v) is 19.8. The van der Waals surface area contributed by atoms with E-state index in [4.69, 9.17) is 23.2 Å². The Bertz CT molecular complexity index is 1240. The molecule has 0 bridgehead atoms. The van der Waals surface area contributed by atoms with Gasteiger partial charge in [-0.15, -0.1) is 0 Å². The van der Waals surface area contributed by atoms with E-state index >= 15 is 0 Å². The molecular weight excluding hydrogens is 461 g/mol. The van der Waals surface area contributed by atoms with E-state index < -0.39 is 17.2 Å². The molecule has 6 nitrogen and oxygen atoms in total. The Morgan fingerprint density at radius 3 is 2.55 bits per heavy atom. The summed E-state index contributed by atoms with van der Waals surface area (Å²) in [6.07, 6.45) is 2.30. The zero-order chi connectivity index (χ0) is 23.8. The average Bonchev–Trinajstić information content (AvgIpc) is 2.78. The Morgan fingerprint density at radius 1 is 1.15 bits per heavy atom. The van der Waals surface area contributed by atoms with Crippen molar-refractivity contribution in [2.24, 2.45) is 0 Å². The van der Waals surface area contributed by atoms with Crippen molar-refractivity contribution in [1.82, 2.24) is 15.6 Å². The van der Waals surface area contributed by atoms with Gasteiger partial charge in [-0.25, -0.2) is 0 Å². The fourth-order valence-electron chi connectivity index (χ4n) is 4.21. The minimum atomic E-state index is -0.803. The first-order chi connectivity index (χ1) is 15.7. The number of pyridine rings is 1. The molecule has 1 saturated heterocycles. The lowest BCUT2D eigenvalue weighted by atomic mass is 9.82. The molecule has 1 atom stereocenters. The molecule has 33 heavy (non-hydrogen) atoms. The number of hydrogen-bond donors (Lipinski definition) is 2. The minimum absolute atomic E-state index is 0.152. The molecule has 0 aliphatic carbocycles. The van der Waals surface area contributed by atoms with Gasteiger partial charge >= 0.3 is 0 Å². The van der Waals surface area contributed by atoms with Gasteiger partial charge in [0.15, 0.2) is 0 Å². The number of rotatable bonds is 5. The highest BCUT2D eigenvalue weighted by Crippen LogP contribution is 2.37. The largest absolute Gasteiger partial charge is 0.351 e. The number of nitrogens with one attached hydrogen (secondary N) is 2. The van der Waals surface area contributed by atoms with Gasteiger partial charge in [-0.05, 0) is 55.7 Å². The molecule has 0 radical (unpaired) electrons. The Balaban J connectivity index is 1.52. The minimum Gasteiger partial charge on any atom is -0.351 e. The van der Waals surface area contributed by atoms with Gasteiger partial charge in [-0.1, -0.05) is 41.4 Å². The van der Waals surface area contributed by atoms with Crippen molar-refractivity contribution in [3.63, 3.8) is 0 Å². The van der Waals surface area contributed by atoms with Gasteiger partial charge in [0.05, 0.1) is 16.8 Å². The van der Waals surface area contributed by atoms with Crippen molar-refractivity contribution in [2.45, 2.75) is 44.6 Å². The van der Waals surface area contributed by atoms with Crippen LogP contribution in [0.3, 0.4) is 0 Å². The summed E-state index contributed by atoms with van der Waals surface area (Å²) in [6, 6.07) is 13.0. The topological polar surface area (TPSA) is 88.2 Å². The summed E-state index contributed by atoms with van der Waals surface area (Å²) in [5.74, 6) is -1.43. The van der Waals surface area contributed by atoms with Gasteiger partial charge in [0, 0.05) is 40.2 Å². The molecule has 2 N–H and O–H groups in total. The number of aromatic nitrogens is 1. The van der Waals surface area contributed by atoms with E-state index in [1.54, 1.807) is 18.3 Å². The quantitative estimate of drug-likeness (QED) is 0.516. The van der Waals surface area contributed by atoms with Crippen LogP contribution in [0.1, 0.15) is 49.3 Å². The molecule has 0 spiro atoms. The van der Waals surface area contributed by atoms with Crippen molar-refractivity contribution in [3.8, 4) is 0 Å². The third-order valence-corrected chi connectivity index (χ3v) is 6.70. The number of carbonyl (C=O) groups excluding carboxylic acids is 3. The highest BCUT2D eigenvalue weighted by Gasteiger charge is 2.33. The number of amides is 3. The molecule has 1 aliphatic rings. The Hall–Kier alpha value is -2.96. The molecule has 0 saturated carbocycles. The van der Waals surface area contributed by atoms with Crippen LogP contribution >= 0.6 is 23.2 Å². The molecular formula is C25H23Cl2N3O3. The molecule has 1 aromatic heterocycles. The molecule has 1 aliphatic heterocycles. The van der Waals surface area contributed by atoms with Crippen molar-refractivity contribution < 1.29 is 14.4 Å². The van der Waals surface area contributed by atoms with Crippen LogP contribution in [0.25, 0.3) is 10.9 Å². The van der Waals surface area contributed by atoms with E-state index in [9.17, 15) is 14.4 Å². The lowest BCUT2D eigenvalue weighted by molar-refractivity contribution is -0.134. The fourth-order valence-corrected chi connectivity index (χ4v) is 5.00. The van der Waals surface area contributed by atoms with Crippen LogP contribution in [0.15, 0.2) is 48.7 Å². The van der Waals surface area contributed by atoms with Crippen molar-refractivity contribution in [3.05, 3.63) is 75.4 Å². The third-order valence-electron chi connectivity index (χ3n) is 6.07. The maximum absolute atomic E-state index is 13.2. The molecule has 1 unspecified atom stereocenters. The SMILES string of the molecule is CC(C)(C(=O)NCc1cc(Cl)c(C2CCC(=O)NC2=O)c(Cl)c1)c1ccnc2ccccc12. The summed E-state index contributed by atoms with van der Waals surface area (Å²) < 4.78 is 0. The number of para-hydroxylation sites is 1. The first kappa shape index (κ1) is 23.2. The molecule has 8 heteroatoms. The second kappa shape index (κ2) is 9.12. The first-order valence-corrected chi connectivity index (χ1v) is 11.4. The number of benzene rings is 2. The van der Waals surface area contributed by atoms with E-state index in [0.29, 0.717) is 27.6 Å². The predicted octanol–water partition coefficient (Wildman–Crippen LogP) is 4.66. The summed E-state index contributed by atoms with van der Waals surface area (Å²) in [4.78, 5) is 41.2. The summed E-state index contributed by atoms with van der Waals surface area (Å²) in [6.45, 7) is 3.96. The smallest absolute Gasteiger partial charge is 0.234 e. The lowest BCUT2D eigenvalue weighted by Crippen LogP contribution is -2.40. The Labute approximate surface area is 201 Å². The number of imide groups is 1. The number of nitrogens with zero attached hydrogens (tertiary/aromatic N) is 1. The Morgan fingerprint density at radius 2 is 1.85 bits per heavy atom. The van der Waals surface area contributed by atoms with Crippen LogP contribution in [0.2, 0.25) is 10.0 Å². The van der Waals surface area contributed by atoms with E-state index in [1.807, 2.05) is 44.2 Å². The lowest BCUT2D eigenvalue weighted by Gasteiger charge is -2.26. The van der Waals surface area contributed by atoms with Gasteiger partial charge in [0.25, 0.3) is 0 Å². The highest BCUT2D eigenvalue weighted by molar-refractivity contribution is 6.36. The normalized spacial score (nSPS) is 16.5. The first-order valence-electron chi connectivity index (χ1n) is 10.6. The number of carbonyl (C=O) groups is 3. The second-order valence-corrected chi connectivity index (χ2v) is 9.47. The van der Waals surface area contributed by atoms with Gasteiger partial charge in [0.1, 0.15) is 0 Å². The maximum atomic E-state index is 13.2. The highest BCUT2D eigenvalue weighted by atomic mass is 35.5. The maximum Gasteiger partial charge on any atom is 0.234 e. The molecule has 2 aromatic carbocycles. The summed E-state index contributed by atoms with van der Waals surface area (Å²) in [7, 11) is 0. The van der Waals surface area contributed by atoms with E-state index in [2.05, 4.69) is 15.6 Å². The standard InChI is InChI=1S/C25H23Cl2N3O3/c1-25(2,17-9-10-28-20-6-4-3-5-15(17)20)24(33)29-13-14-11-18(26)22(19(27)12-14)16-7-8-21(31)30-23(16)32/h3-6,9-12,16H,7-8,13H2,1-2H3,(H,29,33)(H,30,31,32). The zero-order valence-electron chi connectivity index (χ0n) is 18.2. The van der Waals surface area contributed by atoms with E-state index in [-0.39, 0.29) is 24.8 Å². The molecule has 170 valence electrons. The number of halogens is 2.